The summed E-state index contributed by atoms with van der Waals surface area (Å²) in [5, 5.41) is 0. The van der Waals surface area contributed by atoms with Gasteiger partial charge in [0.2, 0.25) is 0 Å². The van der Waals surface area contributed by atoms with Gasteiger partial charge in [0.15, 0.2) is 0 Å². The second kappa shape index (κ2) is 3.81. The van der Waals surface area contributed by atoms with E-state index in [4.69, 9.17) is 4.74 Å². The molecule has 0 spiro atoms. The molecule has 0 bridgehead atoms. The van der Waals surface area contributed by atoms with Crippen molar-refractivity contribution in [1.82, 2.24) is 0 Å². The third-order valence-electron chi connectivity index (χ3n) is 1.34. The molecule has 0 saturated heterocycles. The fourth-order valence-electron chi connectivity index (χ4n) is 0.745. The Morgan fingerprint density at radius 1 is 1.36 bits per heavy atom. The van der Waals surface area contributed by atoms with E-state index < -0.39 is 0 Å². The molecule has 1 aromatic carbocycles. The van der Waals surface area contributed by atoms with Gasteiger partial charge in [-0.1, -0.05) is 24.8 Å². The van der Waals surface area contributed by atoms with E-state index in [-0.39, 0.29) is 6.10 Å². The average Bonchev–Trinajstić information content (AvgIpc) is 2.06. The van der Waals surface area contributed by atoms with Crippen LogP contribution in [0.5, 0.6) is 5.75 Å². The molecule has 0 aliphatic heterocycles. The summed E-state index contributed by atoms with van der Waals surface area (Å²) in [5.74, 6) is 0.858. The number of hydrogen-bond acceptors (Lipinski definition) is 1. The highest BCUT2D eigenvalue weighted by Crippen LogP contribution is 2.10. The van der Waals surface area contributed by atoms with E-state index in [9.17, 15) is 0 Å². The molecule has 0 aliphatic carbocycles. The van der Waals surface area contributed by atoms with Crippen LogP contribution in [0.1, 0.15) is 6.92 Å². The lowest BCUT2D eigenvalue weighted by Gasteiger charge is -2.08. The monoisotopic (exact) mass is 147 g/mol. The van der Waals surface area contributed by atoms with Crippen molar-refractivity contribution in [3.63, 3.8) is 0 Å². The molecule has 1 atom stereocenters. The van der Waals surface area contributed by atoms with Gasteiger partial charge in [0.1, 0.15) is 11.9 Å². The van der Waals surface area contributed by atoms with Crippen molar-refractivity contribution in [1.29, 1.82) is 0 Å². The molecule has 0 amide bonds. The molecule has 1 aromatic rings. The standard InChI is InChI=1S/C10H11O/c1-3-9(2)11-10-7-5-4-6-8-10/h4-9H,1H2,2H3. The van der Waals surface area contributed by atoms with Gasteiger partial charge in [-0.25, -0.2) is 0 Å². The Balaban J connectivity index is 2.57. The molecular formula is C10H11O. The third-order valence-corrected chi connectivity index (χ3v) is 1.34. The Morgan fingerprint density at radius 3 is 2.55 bits per heavy atom. The molecule has 1 nitrogen and oxygen atoms in total. The van der Waals surface area contributed by atoms with E-state index in [0.29, 0.717) is 0 Å². The van der Waals surface area contributed by atoms with Gasteiger partial charge < -0.3 is 4.74 Å². The minimum atomic E-state index is -0.0441. The van der Waals surface area contributed by atoms with Crippen molar-refractivity contribution in [3.8, 4) is 5.75 Å². The second-order valence-electron chi connectivity index (χ2n) is 2.28. The first-order chi connectivity index (χ1) is 5.33. The van der Waals surface area contributed by atoms with E-state index in [1.807, 2.05) is 37.3 Å². The maximum Gasteiger partial charge on any atom is 0.121 e. The van der Waals surface area contributed by atoms with E-state index in [2.05, 4.69) is 12.7 Å². The van der Waals surface area contributed by atoms with Crippen molar-refractivity contribution < 1.29 is 4.74 Å². The molecule has 0 N–H and O–H groups in total. The van der Waals surface area contributed by atoms with E-state index in [1.54, 1.807) is 0 Å². The molecule has 0 fully saturated rings. The number of benzene rings is 1. The molecular weight excluding hydrogens is 136 g/mol. The van der Waals surface area contributed by atoms with Gasteiger partial charge in [-0.3, -0.25) is 0 Å². The van der Waals surface area contributed by atoms with Gasteiger partial charge in [-0.2, -0.15) is 0 Å². The van der Waals surface area contributed by atoms with Crippen LogP contribution in [0.25, 0.3) is 0 Å². The maximum absolute atomic E-state index is 5.39. The summed E-state index contributed by atoms with van der Waals surface area (Å²) < 4.78 is 5.39. The summed E-state index contributed by atoms with van der Waals surface area (Å²) in [6.07, 6.45) is 2.70. The van der Waals surface area contributed by atoms with Crippen LogP contribution < -0.4 is 4.74 Å². The molecule has 1 unspecified atom stereocenters. The molecule has 0 aromatic heterocycles. The zero-order valence-electron chi connectivity index (χ0n) is 6.58. The van der Waals surface area contributed by atoms with Crippen LogP contribution in [0, 0.1) is 6.08 Å². The minimum absolute atomic E-state index is 0.0441. The second-order valence-corrected chi connectivity index (χ2v) is 2.28. The number of para-hydroxylation sites is 1. The van der Waals surface area contributed by atoms with Gasteiger partial charge in [-0.05, 0) is 25.1 Å². The first-order valence-corrected chi connectivity index (χ1v) is 3.57. The first-order valence-electron chi connectivity index (χ1n) is 3.57. The topological polar surface area (TPSA) is 9.23 Å². The molecule has 1 rings (SSSR count). The highest BCUT2D eigenvalue weighted by molar-refractivity contribution is 5.21. The van der Waals surface area contributed by atoms with Crippen molar-refractivity contribution in [2.24, 2.45) is 0 Å². The number of rotatable bonds is 3. The van der Waals surface area contributed by atoms with Crippen LogP contribution in [-0.4, -0.2) is 6.10 Å². The van der Waals surface area contributed by atoms with Crippen LogP contribution in [0.2, 0.25) is 0 Å². The molecule has 0 saturated carbocycles. The van der Waals surface area contributed by atoms with Crippen LogP contribution in [0.4, 0.5) is 0 Å². The third kappa shape index (κ3) is 2.46. The zero-order valence-corrected chi connectivity index (χ0v) is 6.58. The molecule has 57 valence electrons. The highest BCUT2D eigenvalue weighted by atomic mass is 16.5. The average molecular weight is 147 g/mol. The van der Waals surface area contributed by atoms with Crippen molar-refractivity contribution in [2.45, 2.75) is 13.0 Å². The smallest absolute Gasteiger partial charge is 0.121 e. The van der Waals surface area contributed by atoms with Gasteiger partial charge in [0, 0.05) is 0 Å². The Labute approximate surface area is 67.3 Å². The van der Waals surface area contributed by atoms with Crippen molar-refractivity contribution in [2.75, 3.05) is 0 Å². The van der Waals surface area contributed by atoms with Crippen LogP contribution >= 0.6 is 0 Å². The quantitative estimate of drug-likeness (QED) is 0.638. The Hall–Kier alpha value is -1.24. The summed E-state index contributed by atoms with van der Waals surface area (Å²) in [7, 11) is 0. The number of ether oxygens (including phenoxy) is 1. The Kier molecular flexibility index (Phi) is 2.73. The van der Waals surface area contributed by atoms with Gasteiger partial charge in [0.25, 0.3) is 0 Å². The SMILES string of the molecule is C=[C]C(C)Oc1ccccc1. The summed E-state index contributed by atoms with van der Waals surface area (Å²) >= 11 is 0. The lowest BCUT2D eigenvalue weighted by Crippen LogP contribution is -2.07. The van der Waals surface area contributed by atoms with E-state index >= 15 is 0 Å². The molecule has 0 aliphatic rings. The fraction of sp³-hybridized carbons (Fsp3) is 0.200. The van der Waals surface area contributed by atoms with E-state index in [0.717, 1.165) is 5.75 Å². The lowest BCUT2D eigenvalue weighted by molar-refractivity contribution is 0.263. The molecule has 1 heteroatoms. The van der Waals surface area contributed by atoms with Gasteiger partial charge in [0.05, 0.1) is 0 Å². The summed E-state index contributed by atoms with van der Waals surface area (Å²) in [6.45, 7) is 5.41. The number of hydrogen-bond donors (Lipinski definition) is 0. The zero-order chi connectivity index (χ0) is 8.10. The fourth-order valence-corrected chi connectivity index (χ4v) is 0.745. The molecule has 11 heavy (non-hydrogen) atoms. The maximum atomic E-state index is 5.39. The van der Waals surface area contributed by atoms with Gasteiger partial charge in [-0.15, -0.1) is 0 Å². The summed E-state index contributed by atoms with van der Waals surface area (Å²) in [6, 6.07) is 9.65. The normalized spacial score (nSPS) is 12.1. The molecule has 1 radical (unpaired) electrons. The van der Waals surface area contributed by atoms with E-state index in [1.165, 1.54) is 0 Å². The predicted molar refractivity (Wildman–Crippen MR) is 45.4 cm³/mol. The van der Waals surface area contributed by atoms with Gasteiger partial charge >= 0.3 is 0 Å². The summed E-state index contributed by atoms with van der Waals surface area (Å²) in [4.78, 5) is 0. The Bertz CT molecular complexity index is 216. The largest absolute Gasteiger partial charge is 0.486 e. The molecule has 0 heterocycles. The van der Waals surface area contributed by atoms with Crippen LogP contribution in [0.3, 0.4) is 0 Å². The Morgan fingerprint density at radius 2 is 2.00 bits per heavy atom. The van der Waals surface area contributed by atoms with Crippen LogP contribution in [0.15, 0.2) is 36.9 Å². The van der Waals surface area contributed by atoms with Crippen molar-refractivity contribution in [3.05, 3.63) is 43.0 Å². The lowest BCUT2D eigenvalue weighted by atomic mass is 10.3. The first kappa shape index (κ1) is 7.86. The predicted octanol–water partition coefficient (Wildman–Crippen LogP) is 2.44. The van der Waals surface area contributed by atoms with Crippen molar-refractivity contribution >= 4 is 0 Å². The minimum Gasteiger partial charge on any atom is -0.486 e. The highest BCUT2D eigenvalue weighted by Gasteiger charge is 1.96. The van der Waals surface area contributed by atoms with Crippen LogP contribution in [-0.2, 0) is 0 Å². The summed E-state index contributed by atoms with van der Waals surface area (Å²) in [5.41, 5.74) is 0.